The van der Waals surface area contributed by atoms with E-state index in [1.54, 1.807) is 12.0 Å². The van der Waals surface area contributed by atoms with Crippen LogP contribution in [0.25, 0.3) is 0 Å². The maximum Gasteiger partial charge on any atom is 0.222 e. The number of amides is 1. The van der Waals surface area contributed by atoms with E-state index in [2.05, 4.69) is 22.0 Å². The zero-order chi connectivity index (χ0) is 14.3. The first-order chi connectivity index (χ1) is 9.02. The molecule has 1 unspecified atom stereocenters. The summed E-state index contributed by atoms with van der Waals surface area (Å²) in [6.07, 6.45) is 9.51. The second kappa shape index (κ2) is 8.05. The largest absolute Gasteiger partial charge is 0.385 e. The average molecular weight is 332 g/mol. The van der Waals surface area contributed by atoms with Gasteiger partial charge in [0.2, 0.25) is 5.91 Å². The van der Waals surface area contributed by atoms with E-state index < -0.39 is 0 Å². The van der Waals surface area contributed by atoms with Crippen LogP contribution in [0, 0.1) is 5.41 Å². The Morgan fingerprint density at radius 1 is 1.47 bits per heavy atom. The van der Waals surface area contributed by atoms with Gasteiger partial charge in [-0.3, -0.25) is 4.79 Å². The minimum absolute atomic E-state index is 0.0212. The molecular weight excluding hydrogens is 306 g/mol. The molecule has 0 aromatic rings. The molecule has 0 bridgehead atoms. The summed E-state index contributed by atoms with van der Waals surface area (Å²) in [5, 5.41) is 0. The lowest BCUT2D eigenvalue weighted by atomic mass is 9.72. The molecule has 0 spiro atoms. The lowest BCUT2D eigenvalue weighted by molar-refractivity contribution is -0.130. The van der Waals surface area contributed by atoms with Crippen molar-refractivity contribution in [3.63, 3.8) is 0 Å². The van der Waals surface area contributed by atoms with E-state index in [0.29, 0.717) is 6.42 Å². The SMILES string of the molecule is COCCCCC1(CC(=O)N(C)C)CCCC=C1Br. The zero-order valence-electron chi connectivity index (χ0n) is 12.4. The van der Waals surface area contributed by atoms with Gasteiger partial charge >= 0.3 is 0 Å². The molecule has 19 heavy (non-hydrogen) atoms. The minimum Gasteiger partial charge on any atom is -0.385 e. The Morgan fingerprint density at radius 3 is 2.79 bits per heavy atom. The Balaban J connectivity index is 2.70. The molecule has 3 nitrogen and oxygen atoms in total. The molecule has 0 fully saturated rings. The molecule has 1 rings (SSSR count). The van der Waals surface area contributed by atoms with Crippen LogP contribution >= 0.6 is 15.9 Å². The predicted octanol–water partition coefficient (Wildman–Crippen LogP) is 3.73. The Hall–Kier alpha value is -0.350. The Morgan fingerprint density at radius 2 is 2.21 bits per heavy atom. The minimum atomic E-state index is 0.0212. The average Bonchev–Trinajstić information content (AvgIpc) is 2.38. The van der Waals surface area contributed by atoms with Crippen molar-refractivity contribution in [1.29, 1.82) is 0 Å². The molecular formula is C15H26BrNO2. The van der Waals surface area contributed by atoms with E-state index in [4.69, 9.17) is 4.74 Å². The molecule has 0 aromatic carbocycles. The Kier molecular flexibility index (Phi) is 7.08. The molecule has 1 amide bonds. The highest BCUT2D eigenvalue weighted by molar-refractivity contribution is 9.11. The van der Waals surface area contributed by atoms with E-state index in [-0.39, 0.29) is 11.3 Å². The number of methoxy groups -OCH3 is 1. The van der Waals surface area contributed by atoms with Gasteiger partial charge in [0.05, 0.1) is 0 Å². The summed E-state index contributed by atoms with van der Waals surface area (Å²) in [6, 6.07) is 0. The number of halogens is 1. The van der Waals surface area contributed by atoms with Crippen molar-refractivity contribution in [2.24, 2.45) is 5.41 Å². The van der Waals surface area contributed by atoms with Gasteiger partial charge in [0.15, 0.2) is 0 Å². The normalized spacial score (nSPS) is 23.1. The second-order valence-electron chi connectivity index (χ2n) is 5.64. The molecule has 0 heterocycles. The summed E-state index contributed by atoms with van der Waals surface area (Å²) in [5.74, 6) is 0.221. The van der Waals surface area contributed by atoms with Gasteiger partial charge in [0.1, 0.15) is 0 Å². The summed E-state index contributed by atoms with van der Waals surface area (Å²) in [4.78, 5) is 13.8. The van der Waals surface area contributed by atoms with Gasteiger partial charge in [-0.1, -0.05) is 28.4 Å². The fourth-order valence-electron chi connectivity index (χ4n) is 2.67. The molecule has 0 N–H and O–H groups in total. The summed E-state index contributed by atoms with van der Waals surface area (Å²) < 4.78 is 6.34. The van der Waals surface area contributed by atoms with E-state index in [9.17, 15) is 4.79 Å². The molecule has 0 saturated heterocycles. The molecule has 0 saturated carbocycles. The standard InChI is InChI=1S/C15H26BrNO2/c1-17(2)14(18)12-15(10-6-7-11-19-3)9-5-4-8-13(15)16/h8H,4-7,9-12H2,1-3H3. The smallest absolute Gasteiger partial charge is 0.222 e. The van der Waals surface area contributed by atoms with Gasteiger partial charge in [-0.2, -0.15) is 0 Å². The zero-order valence-corrected chi connectivity index (χ0v) is 14.0. The van der Waals surface area contributed by atoms with E-state index in [1.165, 1.54) is 10.9 Å². The van der Waals surface area contributed by atoms with Crippen LogP contribution in [-0.4, -0.2) is 38.6 Å². The number of allylic oxidation sites excluding steroid dienone is 2. The molecule has 1 atom stereocenters. The quantitative estimate of drug-likeness (QED) is 0.665. The number of hydrogen-bond acceptors (Lipinski definition) is 2. The molecule has 110 valence electrons. The number of unbranched alkanes of at least 4 members (excludes halogenated alkanes) is 1. The van der Waals surface area contributed by atoms with Crippen molar-refractivity contribution in [1.82, 2.24) is 4.90 Å². The van der Waals surface area contributed by atoms with Crippen LogP contribution in [0.15, 0.2) is 10.6 Å². The van der Waals surface area contributed by atoms with Gasteiger partial charge in [-0.05, 0) is 36.6 Å². The van der Waals surface area contributed by atoms with Crippen LogP contribution in [0.4, 0.5) is 0 Å². The van der Waals surface area contributed by atoms with E-state index >= 15 is 0 Å². The molecule has 0 aromatic heterocycles. The molecule has 1 aliphatic rings. The third kappa shape index (κ3) is 4.92. The number of rotatable bonds is 7. The highest BCUT2D eigenvalue weighted by Crippen LogP contribution is 2.47. The molecule has 1 aliphatic carbocycles. The number of ether oxygens (including phenoxy) is 1. The van der Waals surface area contributed by atoms with Crippen molar-refractivity contribution in [2.75, 3.05) is 27.8 Å². The third-order valence-corrected chi connectivity index (χ3v) is 5.10. The highest BCUT2D eigenvalue weighted by Gasteiger charge is 2.36. The number of carbonyl (C=O) groups excluding carboxylic acids is 1. The van der Waals surface area contributed by atoms with Crippen molar-refractivity contribution in [3.05, 3.63) is 10.6 Å². The first-order valence-electron chi connectivity index (χ1n) is 7.07. The fourth-order valence-corrected chi connectivity index (χ4v) is 3.43. The summed E-state index contributed by atoms with van der Waals surface area (Å²) in [7, 11) is 5.41. The van der Waals surface area contributed by atoms with Crippen LogP contribution in [0.1, 0.15) is 44.9 Å². The highest BCUT2D eigenvalue weighted by atomic mass is 79.9. The lowest BCUT2D eigenvalue weighted by Crippen LogP contribution is -2.33. The summed E-state index contributed by atoms with van der Waals surface area (Å²) in [5.41, 5.74) is 0.0212. The third-order valence-electron chi connectivity index (χ3n) is 3.93. The number of hydrogen-bond donors (Lipinski definition) is 0. The monoisotopic (exact) mass is 331 g/mol. The summed E-state index contributed by atoms with van der Waals surface area (Å²) in [6.45, 7) is 0.805. The van der Waals surface area contributed by atoms with E-state index in [0.717, 1.165) is 38.7 Å². The fraction of sp³-hybridized carbons (Fsp3) is 0.800. The maximum absolute atomic E-state index is 12.1. The molecule has 4 heteroatoms. The number of nitrogens with zero attached hydrogens (tertiary/aromatic N) is 1. The van der Waals surface area contributed by atoms with Crippen LogP contribution in [0.5, 0.6) is 0 Å². The van der Waals surface area contributed by atoms with Crippen LogP contribution in [0.2, 0.25) is 0 Å². The first kappa shape index (κ1) is 16.7. The van der Waals surface area contributed by atoms with Crippen LogP contribution in [-0.2, 0) is 9.53 Å². The van der Waals surface area contributed by atoms with Gasteiger partial charge < -0.3 is 9.64 Å². The second-order valence-corrected chi connectivity index (χ2v) is 6.49. The van der Waals surface area contributed by atoms with Gasteiger partial charge in [-0.15, -0.1) is 0 Å². The topological polar surface area (TPSA) is 29.5 Å². The summed E-state index contributed by atoms with van der Waals surface area (Å²) >= 11 is 3.72. The first-order valence-corrected chi connectivity index (χ1v) is 7.86. The van der Waals surface area contributed by atoms with Gasteiger partial charge in [0.25, 0.3) is 0 Å². The Labute approximate surface area is 125 Å². The molecule has 0 aliphatic heterocycles. The van der Waals surface area contributed by atoms with Crippen LogP contribution in [0.3, 0.4) is 0 Å². The van der Waals surface area contributed by atoms with Crippen molar-refractivity contribution in [2.45, 2.75) is 44.9 Å². The van der Waals surface area contributed by atoms with Crippen molar-refractivity contribution in [3.8, 4) is 0 Å². The number of carbonyl (C=O) groups is 1. The molecule has 0 radical (unpaired) electrons. The van der Waals surface area contributed by atoms with Crippen molar-refractivity contribution < 1.29 is 9.53 Å². The van der Waals surface area contributed by atoms with E-state index in [1.807, 2.05) is 14.1 Å². The van der Waals surface area contributed by atoms with Gasteiger partial charge in [-0.25, -0.2) is 0 Å². The van der Waals surface area contributed by atoms with Crippen molar-refractivity contribution >= 4 is 21.8 Å². The maximum atomic E-state index is 12.1. The predicted molar refractivity (Wildman–Crippen MR) is 82.3 cm³/mol. The van der Waals surface area contributed by atoms with Crippen LogP contribution < -0.4 is 0 Å². The Bertz CT molecular complexity index is 328. The van der Waals surface area contributed by atoms with Gasteiger partial charge in [0, 0.05) is 39.6 Å². The lowest BCUT2D eigenvalue weighted by Gasteiger charge is -2.37.